The van der Waals surface area contributed by atoms with Gasteiger partial charge < -0.3 is 51.1 Å². The summed E-state index contributed by atoms with van der Waals surface area (Å²) in [6.45, 7) is 5.98. The van der Waals surface area contributed by atoms with E-state index in [1.54, 1.807) is 0 Å². The van der Waals surface area contributed by atoms with Crippen molar-refractivity contribution >= 4 is 29.8 Å². The zero-order valence-electron chi connectivity index (χ0n) is 17.3. The molecule has 0 saturated heterocycles. The summed E-state index contributed by atoms with van der Waals surface area (Å²) < 4.78 is 0. The van der Waals surface area contributed by atoms with Crippen molar-refractivity contribution in [2.24, 2.45) is 0 Å². The molecule has 0 aliphatic heterocycles. The molecule has 0 aliphatic carbocycles. The predicted molar refractivity (Wildman–Crippen MR) is 96.6 cm³/mol. The van der Waals surface area contributed by atoms with Crippen LogP contribution in [0.1, 0.15) is 34.6 Å². The number of carboxylic acid groups (broad SMARTS) is 5. The molecule has 0 radical (unpaired) electrons. The van der Waals surface area contributed by atoms with E-state index in [0.29, 0.717) is 0 Å². The van der Waals surface area contributed by atoms with Gasteiger partial charge in [0.1, 0.15) is 30.5 Å². The molecule has 0 aliphatic rings. The van der Waals surface area contributed by atoms with Crippen LogP contribution in [0.2, 0.25) is 0 Å². The number of aliphatic carboxylic acids is 5. The molecule has 0 fully saturated rings. The van der Waals surface area contributed by atoms with E-state index in [2.05, 4.69) is 0 Å². The van der Waals surface area contributed by atoms with Gasteiger partial charge in [-0.2, -0.15) is 0 Å². The van der Waals surface area contributed by atoms with E-state index in [-0.39, 0.29) is 21.1 Å². The Labute approximate surface area is 191 Å². The van der Waals surface area contributed by atoms with E-state index in [9.17, 15) is 24.0 Å². The third-order valence-electron chi connectivity index (χ3n) is 1.79. The molecule has 0 heterocycles. The number of carbonyl (C=O) groups is 5. The molecule has 0 spiro atoms. The molecule has 5 unspecified atom stereocenters. The quantitative estimate of drug-likeness (QED) is 0.156. The standard InChI is InChI=1S/5C3H6O3.Mo/c5*1-2(4)3(5)6;/h5*2,4H,1H3,(H,5,6);. The van der Waals surface area contributed by atoms with Crippen LogP contribution in [0.25, 0.3) is 0 Å². The van der Waals surface area contributed by atoms with Gasteiger partial charge in [0.2, 0.25) is 0 Å². The second-order valence-electron chi connectivity index (χ2n) is 5.07. The molecule has 186 valence electrons. The van der Waals surface area contributed by atoms with Crippen molar-refractivity contribution in [2.75, 3.05) is 0 Å². The van der Waals surface area contributed by atoms with Gasteiger partial charge in [0.15, 0.2) is 0 Å². The SMILES string of the molecule is CC(O)C(=O)O.CC(O)C(=O)O.CC(O)C(=O)O.CC(O)C(=O)O.CC(O)C(=O)O.[Mo]. The van der Waals surface area contributed by atoms with E-state index in [1.807, 2.05) is 0 Å². The molecule has 10 N–H and O–H groups in total. The van der Waals surface area contributed by atoms with E-state index in [4.69, 9.17) is 51.1 Å². The summed E-state index contributed by atoms with van der Waals surface area (Å²) in [5.41, 5.74) is 0. The van der Waals surface area contributed by atoms with Crippen LogP contribution in [-0.4, -0.2) is 111 Å². The van der Waals surface area contributed by atoms with Crippen LogP contribution in [0.15, 0.2) is 0 Å². The van der Waals surface area contributed by atoms with Gasteiger partial charge in [-0.3, -0.25) is 0 Å². The average molecular weight is 546 g/mol. The van der Waals surface area contributed by atoms with Crippen LogP contribution in [0.5, 0.6) is 0 Å². The topological polar surface area (TPSA) is 288 Å². The van der Waals surface area contributed by atoms with Crippen molar-refractivity contribution in [3.8, 4) is 0 Å². The molecule has 16 heteroatoms. The summed E-state index contributed by atoms with van der Waals surface area (Å²) >= 11 is 0. The molecule has 0 aromatic rings. The van der Waals surface area contributed by atoms with Crippen molar-refractivity contribution in [1.82, 2.24) is 0 Å². The number of aliphatic hydroxyl groups excluding tert-OH is 5. The number of aliphatic hydroxyl groups is 5. The van der Waals surface area contributed by atoms with Crippen molar-refractivity contribution < 1.29 is 96.1 Å². The average Bonchev–Trinajstić information content (AvgIpc) is 2.56. The third kappa shape index (κ3) is 58.4. The van der Waals surface area contributed by atoms with Crippen molar-refractivity contribution in [3.63, 3.8) is 0 Å². The number of rotatable bonds is 5. The Kier molecular flexibility index (Phi) is 35.8. The summed E-state index contributed by atoms with van der Waals surface area (Å²) in [5.74, 6) is -5.93. The molecule has 31 heavy (non-hydrogen) atoms. The van der Waals surface area contributed by atoms with E-state index in [0.717, 1.165) is 0 Å². The van der Waals surface area contributed by atoms with Gasteiger partial charge in [-0.25, -0.2) is 24.0 Å². The second kappa shape index (κ2) is 25.9. The third-order valence-corrected chi connectivity index (χ3v) is 1.79. The first-order valence-corrected chi connectivity index (χ1v) is 7.76. The molecule has 5 atom stereocenters. The molecule has 0 saturated carbocycles. The Morgan fingerprint density at radius 1 is 0.387 bits per heavy atom. The van der Waals surface area contributed by atoms with E-state index < -0.39 is 60.4 Å². The first kappa shape index (κ1) is 42.8. The molecule has 0 aromatic heterocycles. The van der Waals surface area contributed by atoms with Crippen molar-refractivity contribution in [3.05, 3.63) is 0 Å². The van der Waals surface area contributed by atoms with Crippen LogP contribution in [-0.2, 0) is 45.0 Å². The van der Waals surface area contributed by atoms with Crippen LogP contribution in [0.3, 0.4) is 0 Å². The van der Waals surface area contributed by atoms with Gasteiger partial charge in [-0.1, -0.05) is 0 Å². The normalized spacial score (nSPS) is 13.2. The van der Waals surface area contributed by atoms with Crippen molar-refractivity contribution in [2.45, 2.75) is 65.1 Å². The van der Waals surface area contributed by atoms with Crippen LogP contribution < -0.4 is 0 Å². The van der Waals surface area contributed by atoms with Gasteiger partial charge in [0.05, 0.1) is 0 Å². The summed E-state index contributed by atoms with van der Waals surface area (Å²) in [6, 6.07) is 0. The first-order chi connectivity index (χ1) is 13.2. The largest absolute Gasteiger partial charge is 0.479 e. The smallest absolute Gasteiger partial charge is 0.332 e. The van der Waals surface area contributed by atoms with E-state index in [1.165, 1.54) is 34.6 Å². The number of hydrogen-bond acceptors (Lipinski definition) is 10. The summed E-state index contributed by atoms with van der Waals surface area (Å²) in [7, 11) is 0. The van der Waals surface area contributed by atoms with Gasteiger partial charge in [0.25, 0.3) is 0 Å². The van der Waals surface area contributed by atoms with E-state index >= 15 is 0 Å². The Morgan fingerprint density at radius 3 is 0.419 bits per heavy atom. The predicted octanol–water partition coefficient (Wildman–Crippen LogP) is -2.74. The molecular formula is C15H30MoO15. The molecule has 0 aromatic carbocycles. The first-order valence-electron chi connectivity index (χ1n) is 7.76. The maximum atomic E-state index is 9.45. The van der Waals surface area contributed by atoms with Gasteiger partial charge in [0, 0.05) is 21.1 Å². The minimum Gasteiger partial charge on any atom is -0.479 e. The Hall–Kier alpha value is -2.16. The molecule has 15 nitrogen and oxygen atoms in total. The van der Waals surface area contributed by atoms with Gasteiger partial charge >= 0.3 is 29.8 Å². The maximum absolute atomic E-state index is 9.45. The van der Waals surface area contributed by atoms with Gasteiger partial charge in [-0.15, -0.1) is 0 Å². The van der Waals surface area contributed by atoms with Crippen molar-refractivity contribution in [1.29, 1.82) is 0 Å². The minimum atomic E-state index is -1.23. The molecule has 0 rings (SSSR count). The number of hydrogen-bond donors (Lipinski definition) is 10. The van der Waals surface area contributed by atoms with Gasteiger partial charge in [-0.05, 0) is 34.6 Å². The summed E-state index contributed by atoms with van der Waals surface area (Å²) in [5, 5.41) is 78.9. The fourth-order valence-corrected chi connectivity index (χ4v) is 0. The summed E-state index contributed by atoms with van der Waals surface area (Å²) in [4.78, 5) is 47.2. The second-order valence-corrected chi connectivity index (χ2v) is 5.07. The van der Waals surface area contributed by atoms with Crippen LogP contribution in [0.4, 0.5) is 0 Å². The fourth-order valence-electron chi connectivity index (χ4n) is 0. The van der Waals surface area contributed by atoms with Crippen LogP contribution >= 0.6 is 0 Å². The Bertz CT molecular complexity index is 396. The maximum Gasteiger partial charge on any atom is 0.332 e. The molecular weight excluding hydrogens is 516 g/mol. The molecule has 0 bridgehead atoms. The summed E-state index contributed by atoms with van der Waals surface area (Å²) in [6.07, 6.45) is -6.16. The zero-order valence-corrected chi connectivity index (χ0v) is 19.3. The van der Waals surface area contributed by atoms with Crippen LogP contribution in [0, 0.1) is 0 Å². The molecule has 0 amide bonds. The fraction of sp³-hybridized carbons (Fsp3) is 0.667. The zero-order chi connectivity index (χ0) is 25.8. The minimum absolute atomic E-state index is 0. The Balaban J connectivity index is -0.0000000625. The number of carboxylic acids is 5. The Morgan fingerprint density at radius 2 is 0.419 bits per heavy atom. The monoisotopic (exact) mass is 548 g/mol.